The molecule has 0 unspecified atom stereocenters. The molecule has 0 saturated carbocycles. The predicted octanol–water partition coefficient (Wildman–Crippen LogP) is 3.71. The Kier molecular flexibility index (Phi) is 6.24. The van der Waals surface area contributed by atoms with Gasteiger partial charge in [-0.2, -0.15) is 4.31 Å². The van der Waals surface area contributed by atoms with Crippen LogP contribution in [-0.4, -0.2) is 49.7 Å². The summed E-state index contributed by atoms with van der Waals surface area (Å²) in [6.07, 6.45) is 1.50. The SMILES string of the molecule is CCOc1ccc(S(=O)(=O)N2CCC[C@H](c3nnc(-c4ccccc4OC)o3)C2)cc1. The Morgan fingerprint density at radius 1 is 1.13 bits per heavy atom. The van der Waals surface area contributed by atoms with E-state index >= 15 is 0 Å². The molecule has 8 nitrogen and oxygen atoms in total. The lowest BCUT2D eigenvalue weighted by Gasteiger charge is -2.30. The third-order valence-corrected chi connectivity index (χ3v) is 7.16. The lowest BCUT2D eigenvalue weighted by Crippen LogP contribution is -2.39. The highest BCUT2D eigenvalue weighted by Crippen LogP contribution is 2.33. The average Bonchev–Trinajstić information content (AvgIpc) is 3.30. The van der Waals surface area contributed by atoms with Gasteiger partial charge in [-0.3, -0.25) is 0 Å². The zero-order valence-corrected chi connectivity index (χ0v) is 18.3. The summed E-state index contributed by atoms with van der Waals surface area (Å²) in [6, 6.07) is 13.9. The molecule has 164 valence electrons. The van der Waals surface area contributed by atoms with E-state index in [2.05, 4.69) is 10.2 Å². The zero-order chi connectivity index (χ0) is 21.8. The Morgan fingerprint density at radius 2 is 1.90 bits per heavy atom. The average molecular weight is 444 g/mol. The first kappa shape index (κ1) is 21.3. The van der Waals surface area contributed by atoms with E-state index in [1.54, 1.807) is 31.4 Å². The van der Waals surface area contributed by atoms with Gasteiger partial charge in [-0.15, -0.1) is 10.2 Å². The molecule has 0 N–H and O–H groups in total. The number of methoxy groups -OCH3 is 1. The number of benzene rings is 2. The van der Waals surface area contributed by atoms with E-state index in [1.165, 1.54) is 4.31 Å². The molecule has 1 saturated heterocycles. The molecule has 1 aliphatic rings. The van der Waals surface area contributed by atoms with Crippen molar-refractivity contribution in [3.8, 4) is 23.0 Å². The second-order valence-corrected chi connectivity index (χ2v) is 9.19. The minimum atomic E-state index is -3.62. The van der Waals surface area contributed by atoms with E-state index in [4.69, 9.17) is 13.9 Å². The van der Waals surface area contributed by atoms with Crippen molar-refractivity contribution in [3.63, 3.8) is 0 Å². The lowest BCUT2D eigenvalue weighted by atomic mass is 10.00. The van der Waals surface area contributed by atoms with Gasteiger partial charge >= 0.3 is 0 Å². The maximum atomic E-state index is 13.1. The van der Waals surface area contributed by atoms with Crippen LogP contribution in [0, 0.1) is 0 Å². The quantitative estimate of drug-likeness (QED) is 0.549. The van der Waals surface area contributed by atoms with Crippen LogP contribution in [0.25, 0.3) is 11.5 Å². The lowest BCUT2D eigenvalue weighted by molar-refractivity contribution is 0.286. The van der Waals surface area contributed by atoms with Crippen LogP contribution in [-0.2, 0) is 10.0 Å². The first-order valence-electron chi connectivity index (χ1n) is 10.2. The van der Waals surface area contributed by atoms with Crippen molar-refractivity contribution in [2.45, 2.75) is 30.6 Å². The van der Waals surface area contributed by atoms with E-state index in [0.29, 0.717) is 55.0 Å². The van der Waals surface area contributed by atoms with Gasteiger partial charge in [0.05, 0.1) is 30.1 Å². The Morgan fingerprint density at radius 3 is 2.65 bits per heavy atom. The van der Waals surface area contributed by atoms with Crippen molar-refractivity contribution in [2.75, 3.05) is 26.8 Å². The van der Waals surface area contributed by atoms with Crippen molar-refractivity contribution in [1.82, 2.24) is 14.5 Å². The molecule has 0 bridgehead atoms. The maximum absolute atomic E-state index is 13.1. The second kappa shape index (κ2) is 9.07. The molecular weight excluding hydrogens is 418 g/mol. The largest absolute Gasteiger partial charge is 0.496 e. The Bertz CT molecular complexity index is 1130. The number of piperidine rings is 1. The molecule has 1 fully saturated rings. The minimum absolute atomic E-state index is 0.165. The monoisotopic (exact) mass is 443 g/mol. The summed E-state index contributed by atoms with van der Waals surface area (Å²) in [7, 11) is -2.04. The van der Waals surface area contributed by atoms with Gasteiger partial charge in [0.15, 0.2) is 0 Å². The molecule has 1 aliphatic heterocycles. The van der Waals surface area contributed by atoms with Crippen molar-refractivity contribution < 1.29 is 22.3 Å². The standard InChI is InChI=1S/C22H25N3O5S/c1-3-29-17-10-12-18(13-11-17)31(26,27)25-14-6-7-16(15-25)21-23-24-22(30-21)19-8-4-5-9-20(19)28-2/h4-5,8-13,16H,3,6-7,14-15H2,1-2H3/t16-/m0/s1. The van der Waals surface area contributed by atoms with Gasteiger partial charge in [0.25, 0.3) is 5.89 Å². The molecule has 2 heterocycles. The van der Waals surface area contributed by atoms with E-state index in [1.807, 2.05) is 31.2 Å². The summed E-state index contributed by atoms with van der Waals surface area (Å²) in [6.45, 7) is 3.17. The molecule has 1 atom stereocenters. The third-order valence-electron chi connectivity index (χ3n) is 5.28. The number of nitrogens with zero attached hydrogens (tertiary/aromatic N) is 3. The molecular formula is C22H25N3O5S. The molecule has 0 aliphatic carbocycles. The van der Waals surface area contributed by atoms with Crippen molar-refractivity contribution in [1.29, 1.82) is 0 Å². The van der Waals surface area contributed by atoms with Crippen LogP contribution < -0.4 is 9.47 Å². The molecule has 0 spiro atoms. The Labute approximate surface area is 181 Å². The van der Waals surface area contributed by atoms with Crippen molar-refractivity contribution >= 4 is 10.0 Å². The molecule has 0 radical (unpaired) electrons. The highest BCUT2D eigenvalue weighted by Gasteiger charge is 2.33. The summed E-state index contributed by atoms with van der Waals surface area (Å²) < 4.78 is 44.5. The third kappa shape index (κ3) is 4.42. The van der Waals surface area contributed by atoms with E-state index in [9.17, 15) is 8.42 Å². The molecule has 4 rings (SSSR count). The fraction of sp³-hybridized carbons (Fsp3) is 0.364. The number of hydrogen-bond acceptors (Lipinski definition) is 7. The zero-order valence-electron chi connectivity index (χ0n) is 17.5. The molecule has 3 aromatic rings. The highest BCUT2D eigenvalue weighted by molar-refractivity contribution is 7.89. The molecule has 2 aromatic carbocycles. The van der Waals surface area contributed by atoms with Crippen molar-refractivity contribution in [3.05, 3.63) is 54.4 Å². The first-order valence-corrected chi connectivity index (χ1v) is 11.7. The van der Waals surface area contributed by atoms with Gasteiger partial charge in [-0.05, 0) is 56.2 Å². The normalized spacial score (nSPS) is 17.4. The topological polar surface area (TPSA) is 94.8 Å². The second-order valence-electron chi connectivity index (χ2n) is 7.25. The number of sulfonamides is 1. The summed E-state index contributed by atoms with van der Waals surface area (Å²) in [5.74, 6) is 1.92. The fourth-order valence-electron chi connectivity index (χ4n) is 3.72. The number of aromatic nitrogens is 2. The van der Waals surface area contributed by atoms with E-state index in [0.717, 1.165) is 6.42 Å². The molecule has 1 aromatic heterocycles. The Hall–Kier alpha value is -2.91. The number of hydrogen-bond donors (Lipinski definition) is 0. The highest BCUT2D eigenvalue weighted by atomic mass is 32.2. The van der Waals surface area contributed by atoms with Gasteiger partial charge in [0.1, 0.15) is 11.5 Å². The summed E-state index contributed by atoms with van der Waals surface area (Å²) in [5.41, 5.74) is 0.707. The summed E-state index contributed by atoms with van der Waals surface area (Å²) in [5, 5.41) is 8.37. The van der Waals surface area contributed by atoms with E-state index < -0.39 is 10.0 Å². The predicted molar refractivity (Wildman–Crippen MR) is 115 cm³/mol. The van der Waals surface area contributed by atoms with Gasteiger partial charge < -0.3 is 13.9 Å². The fourth-order valence-corrected chi connectivity index (χ4v) is 5.24. The maximum Gasteiger partial charge on any atom is 0.251 e. The van der Waals surface area contributed by atoms with Crippen LogP contribution in [0.3, 0.4) is 0 Å². The smallest absolute Gasteiger partial charge is 0.251 e. The van der Waals surface area contributed by atoms with E-state index in [-0.39, 0.29) is 10.8 Å². The summed E-state index contributed by atoms with van der Waals surface area (Å²) in [4.78, 5) is 0.247. The van der Waals surface area contributed by atoms with Gasteiger partial charge in [0.2, 0.25) is 15.9 Å². The van der Waals surface area contributed by atoms with Crippen LogP contribution in [0.1, 0.15) is 31.6 Å². The molecule has 9 heteroatoms. The van der Waals surface area contributed by atoms with Crippen LogP contribution in [0.5, 0.6) is 11.5 Å². The number of ether oxygens (including phenoxy) is 2. The minimum Gasteiger partial charge on any atom is -0.496 e. The van der Waals surface area contributed by atoms with Crippen LogP contribution in [0.15, 0.2) is 57.8 Å². The van der Waals surface area contributed by atoms with Gasteiger partial charge in [0, 0.05) is 13.1 Å². The number of rotatable bonds is 7. The van der Waals surface area contributed by atoms with Crippen molar-refractivity contribution in [2.24, 2.45) is 0 Å². The number of para-hydroxylation sites is 1. The van der Waals surface area contributed by atoms with Gasteiger partial charge in [-0.25, -0.2) is 8.42 Å². The van der Waals surface area contributed by atoms with Crippen LogP contribution >= 0.6 is 0 Å². The molecule has 0 amide bonds. The molecule has 31 heavy (non-hydrogen) atoms. The Balaban J connectivity index is 1.53. The van der Waals surface area contributed by atoms with Crippen LogP contribution in [0.4, 0.5) is 0 Å². The van der Waals surface area contributed by atoms with Crippen LogP contribution in [0.2, 0.25) is 0 Å². The first-order chi connectivity index (χ1) is 15.0. The summed E-state index contributed by atoms with van der Waals surface area (Å²) >= 11 is 0. The van der Waals surface area contributed by atoms with Gasteiger partial charge in [-0.1, -0.05) is 12.1 Å².